The number of nitrogens with zero attached hydrogens (tertiary/aromatic N) is 3. The number of fused-ring (bicyclic) bond motifs is 4. The molecule has 0 unspecified atom stereocenters. The molecule has 2 aliphatic rings. The Hall–Kier alpha value is -2.77. The summed E-state index contributed by atoms with van der Waals surface area (Å²) in [6.45, 7) is 5.48. The average Bonchev–Trinajstić information content (AvgIpc) is 2.99. The first kappa shape index (κ1) is 21.5. The van der Waals surface area contributed by atoms with Gasteiger partial charge in [0.1, 0.15) is 0 Å². The van der Waals surface area contributed by atoms with Crippen molar-refractivity contribution in [3.63, 3.8) is 0 Å². The third-order valence-electron chi connectivity index (χ3n) is 6.49. The number of hydrogen-bond acceptors (Lipinski definition) is 5. The van der Waals surface area contributed by atoms with Crippen LogP contribution in [0.2, 0.25) is 0 Å². The normalized spacial score (nSPS) is 25.0. The first-order valence-corrected chi connectivity index (χ1v) is 11.0. The van der Waals surface area contributed by atoms with Crippen molar-refractivity contribution in [2.24, 2.45) is 11.8 Å². The van der Waals surface area contributed by atoms with E-state index in [2.05, 4.69) is 15.2 Å². The molecule has 4 rings (SSSR count). The van der Waals surface area contributed by atoms with Gasteiger partial charge in [-0.05, 0) is 37.1 Å². The zero-order valence-corrected chi connectivity index (χ0v) is 18.1. The summed E-state index contributed by atoms with van der Waals surface area (Å²) in [5, 5.41) is 13.3. The highest BCUT2D eigenvalue weighted by atomic mass is 16.3. The lowest BCUT2D eigenvalue weighted by molar-refractivity contribution is -0.127. The van der Waals surface area contributed by atoms with Crippen LogP contribution in [-0.2, 0) is 17.9 Å². The van der Waals surface area contributed by atoms with Crippen molar-refractivity contribution in [3.05, 3.63) is 69.9 Å². The van der Waals surface area contributed by atoms with Gasteiger partial charge in [-0.2, -0.15) is 0 Å². The highest BCUT2D eigenvalue weighted by molar-refractivity contribution is 5.80. The molecule has 164 valence electrons. The van der Waals surface area contributed by atoms with E-state index in [1.165, 1.54) is 0 Å². The number of carbonyl (C=O) groups excluding carboxylic acids is 1. The van der Waals surface area contributed by atoms with Crippen LogP contribution in [0.5, 0.6) is 0 Å². The monoisotopic (exact) mass is 422 g/mol. The smallest absolute Gasteiger partial charge is 0.258 e. The molecule has 0 saturated carbocycles. The number of nitrogens with one attached hydrogen (secondary N) is 1. The van der Waals surface area contributed by atoms with Crippen molar-refractivity contribution in [3.8, 4) is 0 Å². The average molecular weight is 423 g/mol. The fourth-order valence-corrected chi connectivity index (χ4v) is 5.13. The molecule has 7 heteroatoms. The number of carbonyl (C=O) groups is 1. The van der Waals surface area contributed by atoms with Crippen LogP contribution in [0.3, 0.4) is 0 Å². The molecule has 0 radical (unpaired) electrons. The molecule has 4 atom stereocenters. The molecule has 2 aromatic rings. The minimum Gasteiger partial charge on any atom is -0.396 e. The molecule has 2 bridgehead atoms. The van der Waals surface area contributed by atoms with Crippen molar-refractivity contribution in [2.45, 2.75) is 45.4 Å². The van der Waals surface area contributed by atoms with Gasteiger partial charge in [0.05, 0.1) is 12.0 Å². The first-order valence-electron chi connectivity index (χ1n) is 11.0. The molecule has 4 heterocycles. The summed E-state index contributed by atoms with van der Waals surface area (Å²) >= 11 is 0. The molecular weight excluding hydrogens is 392 g/mol. The lowest BCUT2D eigenvalue weighted by Crippen LogP contribution is -2.46. The molecule has 2 aliphatic heterocycles. The van der Waals surface area contributed by atoms with Gasteiger partial charge in [-0.1, -0.05) is 25.1 Å². The van der Waals surface area contributed by atoms with E-state index in [0.717, 1.165) is 17.7 Å². The van der Waals surface area contributed by atoms with Gasteiger partial charge >= 0.3 is 0 Å². The highest BCUT2D eigenvalue weighted by Gasteiger charge is 2.55. The van der Waals surface area contributed by atoms with Crippen molar-refractivity contribution in [1.82, 2.24) is 19.8 Å². The van der Waals surface area contributed by atoms with Gasteiger partial charge in [0.2, 0.25) is 5.91 Å². The Morgan fingerprint density at radius 3 is 2.87 bits per heavy atom. The van der Waals surface area contributed by atoms with Crippen molar-refractivity contribution < 1.29 is 9.90 Å². The Labute approximate surface area is 182 Å². The molecule has 7 nitrogen and oxygen atoms in total. The number of aromatic nitrogens is 2. The second kappa shape index (κ2) is 9.16. The molecule has 1 amide bonds. The predicted molar refractivity (Wildman–Crippen MR) is 119 cm³/mol. The number of rotatable bonds is 7. The molecule has 0 aromatic carbocycles. The molecule has 1 saturated heterocycles. The lowest BCUT2D eigenvalue weighted by Gasteiger charge is -2.38. The molecular formula is C24H30N4O3. The van der Waals surface area contributed by atoms with Gasteiger partial charge in [-0.3, -0.25) is 19.5 Å². The maximum atomic E-state index is 13.2. The minimum atomic E-state index is -0.418. The number of aliphatic hydroxyl groups is 1. The van der Waals surface area contributed by atoms with E-state index in [9.17, 15) is 14.7 Å². The largest absolute Gasteiger partial charge is 0.396 e. The van der Waals surface area contributed by atoms with Crippen LogP contribution in [0, 0.1) is 11.8 Å². The molecule has 2 N–H and O–H groups in total. The van der Waals surface area contributed by atoms with Crippen LogP contribution < -0.4 is 10.9 Å². The van der Waals surface area contributed by atoms with Crippen LogP contribution in [0.4, 0.5) is 0 Å². The van der Waals surface area contributed by atoms with E-state index in [0.29, 0.717) is 25.2 Å². The SMILES string of the molecule is C/C=C\c1ccc2n(c1=O)C[C@@H]1[C@@H](CO)[C@H](C(=O)NCCC)[C@H]2N1Cc1cccnc1. The van der Waals surface area contributed by atoms with Gasteiger partial charge in [-0.15, -0.1) is 0 Å². The van der Waals surface area contributed by atoms with E-state index < -0.39 is 5.92 Å². The zero-order valence-electron chi connectivity index (χ0n) is 18.1. The van der Waals surface area contributed by atoms with Crippen LogP contribution in [0.25, 0.3) is 6.08 Å². The fraction of sp³-hybridized carbons (Fsp3) is 0.458. The molecule has 0 spiro atoms. The van der Waals surface area contributed by atoms with Gasteiger partial charge in [0, 0.05) is 61.9 Å². The van der Waals surface area contributed by atoms with Gasteiger partial charge in [0.25, 0.3) is 5.56 Å². The Morgan fingerprint density at radius 2 is 2.19 bits per heavy atom. The standard InChI is InChI=1S/C24H30N4O3/c1-3-6-17-8-9-19-22-21(23(30)26-10-4-2)18(15-29)20(14-28(19)24(17)31)27(22)13-16-7-5-11-25-12-16/h3,5-9,11-12,18,20-22,29H,4,10,13-15H2,1-2H3,(H,26,30)/b6-3-/t18-,20-,21+,22+/m1/s1. The predicted octanol–water partition coefficient (Wildman–Crippen LogP) is 1.97. The maximum Gasteiger partial charge on any atom is 0.258 e. The lowest BCUT2D eigenvalue weighted by atomic mass is 9.86. The van der Waals surface area contributed by atoms with E-state index in [1.54, 1.807) is 10.8 Å². The highest BCUT2D eigenvalue weighted by Crippen LogP contribution is 2.48. The number of amides is 1. The zero-order chi connectivity index (χ0) is 22.0. The summed E-state index contributed by atoms with van der Waals surface area (Å²) in [7, 11) is 0. The van der Waals surface area contributed by atoms with Crippen molar-refractivity contribution in [2.75, 3.05) is 13.2 Å². The second-order valence-corrected chi connectivity index (χ2v) is 8.34. The molecule has 1 fully saturated rings. The van der Waals surface area contributed by atoms with Crippen LogP contribution in [-0.4, -0.2) is 44.7 Å². The Balaban J connectivity index is 1.81. The van der Waals surface area contributed by atoms with E-state index >= 15 is 0 Å². The molecule has 2 aromatic heterocycles. The van der Waals surface area contributed by atoms with Gasteiger partial charge in [0.15, 0.2) is 0 Å². The van der Waals surface area contributed by atoms with E-state index in [-0.39, 0.29) is 36.1 Å². The number of hydrogen-bond donors (Lipinski definition) is 2. The third-order valence-corrected chi connectivity index (χ3v) is 6.49. The van der Waals surface area contributed by atoms with Gasteiger partial charge in [-0.25, -0.2) is 0 Å². The van der Waals surface area contributed by atoms with Gasteiger partial charge < -0.3 is 15.0 Å². The second-order valence-electron chi connectivity index (χ2n) is 8.34. The molecule has 31 heavy (non-hydrogen) atoms. The minimum absolute atomic E-state index is 0.0436. The third kappa shape index (κ3) is 3.83. The molecule has 0 aliphatic carbocycles. The van der Waals surface area contributed by atoms with Crippen LogP contribution >= 0.6 is 0 Å². The Morgan fingerprint density at radius 1 is 1.35 bits per heavy atom. The summed E-state index contributed by atoms with van der Waals surface area (Å²) in [4.78, 5) is 32.9. The quantitative estimate of drug-likeness (QED) is 0.712. The van der Waals surface area contributed by atoms with Crippen molar-refractivity contribution >= 4 is 12.0 Å². The topological polar surface area (TPSA) is 87.5 Å². The van der Waals surface area contributed by atoms with Crippen LogP contribution in [0.1, 0.15) is 43.1 Å². The van der Waals surface area contributed by atoms with E-state index in [4.69, 9.17) is 0 Å². The number of aliphatic hydroxyl groups excluding tert-OH is 1. The van der Waals surface area contributed by atoms with Crippen molar-refractivity contribution in [1.29, 1.82) is 0 Å². The van der Waals surface area contributed by atoms with E-state index in [1.807, 2.05) is 56.5 Å². The maximum absolute atomic E-state index is 13.2. The van der Waals surface area contributed by atoms with Crippen LogP contribution in [0.15, 0.2) is 47.5 Å². The summed E-state index contributed by atoms with van der Waals surface area (Å²) in [6, 6.07) is 7.33. The number of pyridine rings is 2. The summed E-state index contributed by atoms with van der Waals surface area (Å²) in [5.74, 6) is -0.718. The number of allylic oxidation sites excluding steroid dienone is 1. The Kier molecular flexibility index (Phi) is 6.34. The Bertz CT molecular complexity index is 1020. The first-order chi connectivity index (χ1) is 15.1. The fourth-order valence-electron chi connectivity index (χ4n) is 5.13. The summed E-state index contributed by atoms with van der Waals surface area (Å²) in [5.41, 5.74) is 2.48. The summed E-state index contributed by atoms with van der Waals surface area (Å²) < 4.78 is 1.81. The summed E-state index contributed by atoms with van der Waals surface area (Å²) in [6.07, 6.45) is 8.08.